The van der Waals surface area contributed by atoms with E-state index in [9.17, 15) is 14.4 Å². The van der Waals surface area contributed by atoms with E-state index in [2.05, 4.69) is 0 Å². The van der Waals surface area contributed by atoms with E-state index in [0.717, 1.165) is 0 Å². The van der Waals surface area contributed by atoms with Crippen LogP contribution in [0, 0.1) is 5.92 Å². The highest BCUT2D eigenvalue weighted by atomic mass is 16.6. The van der Waals surface area contributed by atoms with Gasteiger partial charge in [0.25, 0.3) is 0 Å². The van der Waals surface area contributed by atoms with Crippen LogP contribution in [-0.4, -0.2) is 93.7 Å². The van der Waals surface area contributed by atoms with Gasteiger partial charge in [-0.2, -0.15) is 0 Å². The van der Waals surface area contributed by atoms with E-state index in [1.807, 2.05) is 5.43 Å². The molecule has 1 fully saturated rings. The summed E-state index contributed by atoms with van der Waals surface area (Å²) >= 11 is 0. The molecule has 1 heterocycles. The van der Waals surface area contributed by atoms with E-state index in [-0.39, 0.29) is 37.8 Å². The molecule has 1 aliphatic heterocycles. The molecule has 1 unspecified atom stereocenters. The lowest BCUT2D eigenvalue weighted by molar-refractivity contribution is -0.141. The largest absolute Gasteiger partial charge is 0.481 e. The summed E-state index contributed by atoms with van der Waals surface area (Å²) in [6.07, 6.45) is 0.962. The number of ether oxygens (including phenoxy) is 4. The Hall–Kier alpha value is -1.79. The maximum Gasteiger partial charge on any atom is 0.308 e. The number of aliphatic carboxylic acids is 1. The van der Waals surface area contributed by atoms with Gasteiger partial charge >= 0.3 is 5.97 Å². The van der Waals surface area contributed by atoms with Gasteiger partial charge in [0.05, 0.1) is 71.6 Å². The molecule has 0 saturated carbocycles. The minimum absolute atomic E-state index is 0.0797. The fourth-order valence-electron chi connectivity index (χ4n) is 2.50. The molecule has 0 spiro atoms. The first kappa shape index (κ1) is 24.2. The minimum Gasteiger partial charge on any atom is -0.481 e. The average Bonchev–Trinajstić information content (AvgIpc) is 3.18. The van der Waals surface area contributed by atoms with Crippen molar-refractivity contribution in [3.05, 3.63) is 0 Å². The highest BCUT2D eigenvalue weighted by Gasteiger charge is 2.30. The van der Waals surface area contributed by atoms with Crippen LogP contribution in [0.3, 0.4) is 0 Å². The first-order valence-corrected chi connectivity index (χ1v) is 9.35. The Morgan fingerprint density at radius 3 is 1.86 bits per heavy atom. The lowest BCUT2D eigenvalue weighted by Gasteiger charge is -2.15. The van der Waals surface area contributed by atoms with Crippen molar-refractivity contribution in [1.29, 1.82) is 0 Å². The number of carbonyl (C=O) groups is 3. The summed E-state index contributed by atoms with van der Waals surface area (Å²) in [5, 5.41) is 8.93. The van der Waals surface area contributed by atoms with E-state index in [1.54, 1.807) is 4.90 Å². The number of hydrogen-bond donors (Lipinski definition) is 3. The van der Waals surface area contributed by atoms with Crippen LogP contribution in [0.1, 0.15) is 19.3 Å². The molecule has 2 amide bonds. The predicted octanol–water partition coefficient (Wildman–Crippen LogP) is -1.24. The molecule has 1 saturated heterocycles. The van der Waals surface area contributed by atoms with Gasteiger partial charge in [-0.3, -0.25) is 19.8 Å². The van der Waals surface area contributed by atoms with Gasteiger partial charge in [-0.1, -0.05) is 0 Å². The van der Waals surface area contributed by atoms with Gasteiger partial charge in [-0.15, -0.1) is 0 Å². The Morgan fingerprint density at radius 2 is 1.39 bits per heavy atom. The molecule has 28 heavy (non-hydrogen) atoms. The van der Waals surface area contributed by atoms with Crippen molar-refractivity contribution in [2.45, 2.75) is 19.3 Å². The smallest absolute Gasteiger partial charge is 0.308 e. The van der Waals surface area contributed by atoms with Crippen molar-refractivity contribution in [2.75, 3.05) is 65.9 Å². The highest BCUT2D eigenvalue weighted by molar-refractivity contribution is 5.78. The number of rotatable bonds is 16. The van der Waals surface area contributed by atoms with Crippen LogP contribution in [0.4, 0.5) is 0 Å². The zero-order valence-electron chi connectivity index (χ0n) is 16.1. The topological polar surface area (TPSA) is 150 Å². The number of likely N-dealkylation sites (tertiary alicyclic amines) is 1. The number of nitrogens with two attached hydrogens (primary N) is 1. The van der Waals surface area contributed by atoms with Crippen molar-refractivity contribution in [3.8, 4) is 0 Å². The zero-order chi connectivity index (χ0) is 20.6. The normalized spacial score (nSPS) is 16.3. The van der Waals surface area contributed by atoms with Gasteiger partial charge in [-0.05, 0) is 6.42 Å². The molecule has 162 valence electrons. The third-order valence-corrected chi connectivity index (χ3v) is 4.10. The Balaban J connectivity index is 1.81. The second kappa shape index (κ2) is 15.2. The minimum atomic E-state index is -0.850. The molecule has 0 aromatic heterocycles. The summed E-state index contributed by atoms with van der Waals surface area (Å²) in [6, 6.07) is 0. The van der Waals surface area contributed by atoms with Crippen molar-refractivity contribution in [3.63, 3.8) is 0 Å². The summed E-state index contributed by atoms with van der Waals surface area (Å²) in [4.78, 5) is 35.2. The fraction of sp³-hybridized carbons (Fsp3) is 0.824. The predicted molar refractivity (Wildman–Crippen MR) is 97.2 cm³/mol. The molecule has 0 aliphatic carbocycles. The second-order valence-corrected chi connectivity index (χ2v) is 6.18. The highest BCUT2D eigenvalue weighted by Crippen LogP contribution is 2.16. The monoisotopic (exact) mass is 405 g/mol. The van der Waals surface area contributed by atoms with Crippen LogP contribution >= 0.6 is 0 Å². The van der Waals surface area contributed by atoms with Crippen LogP contribution in [-0.2, 0) is 33.3 Å². The van der Waals surface area contributed by atoms with Gasteiger partial charge in [0.2, 0.25) is 11.8 Å². The van der Waals surface area contributed by atoms with Crippen molar-refractivity contribution < 1.29 is 38.4 Å². The first-order valence-electron chi connectivity index (χ1n) is 9.35. The zero-order valence-corrected chi connectivity index (χ0v) is 16.1. The SMILES string of the molecule is NNC(=O)CCOCCOCCOCCOCCC(=O)N1CCC(C(=O)O)C1. The lowest BCUT2D eigenvalue weighted by Crippen LogP contribution is -2.30. The van der Waals surface area contributed by atoms with E-state index in [4.69, 9.17) is 29.9 Å². The molecule has 0 aromatic carbocycles. The van der Waals surface area contributed by atoms with E-state index in [1.165, 1.54) is 0 Å². The third-order valence-electron chi connectivity index (χ3n) is 4.10. The number of carboxylic acids is 1. The Kier molecular flexibility index (Phi) is 13.1. The van der Waals surface area contributed by atoms with Crippen LogP contribution < -0.4 is 11.3 Å². The van der Waals surface area contributed by atoms with Crippen LogP contribution in [0.15, 0.2) is 0 Å². The first-order chi connectivity index (χ1) is 13.5. The Bertz CT molecular complexity index is 477. The number of nitrogens with one attached hydrogen (secondary N) is 1. The van der Waals surface area contributed by atoms with Gasteiger partial charge < -0.3 is 29.0 Å². The second-order valence-electron chi connectivity index (χ2n) is 6.18. The van der Waals surface area contributed by atoms with Crippen molar-refractivity contribution in [2.24, 2.45) is 11.8 Å². The van der Waals surface area contributed by atoms with E-state index < -0.39 is 11.9 Å². The maximum absolute atomic E-state index is 11.9. The van der Waals surface area contributed by atoms with E-state index >= 15 is 0 Å². The summed E-state index contributed by atoms with van der Waals surface area (Å²) in [5.74, 6) is 3.28. The van der Waals surface area contributed by atoms with E-state index in [0.29, 0.717) is 59.2 Å². The van der Waals surface area contributed by atoms with Gasteiger partial charge in [0, 0.05) is 13.1 Å². The summed E-state index contributed by atoms with van der Waals surface area (Å²) in [5.41, 5.74) is 2.02. The molecule has 1 atom stereocenters. The number of carboxylic acid groups (broad SMARTS) is 1. The Labute approximate surface area is 164 Å². The number of hydrazine groups is 1. The Morgan fingerprint density at radius 1 is 0.893 bits per heavy atom. The van der Waals surface area contributed by atoms with Crippen LogP contribution in [0.5, 0.6) is 0 Å². The standard InChI is InChI=1S/C17H31N3O8/c18-19-15(21)2-5-25-7-9-27-11-12-28-10-8-26-6-3-16(22)20-4-1-14(13-20)17(23)24/h14H,1-13,18H2,(H,19,21)(H,23,24). The summed E-state index contributed by atoms with van der Waals surface area (Å²) in [7, 11) is 0. The molecule has 11 heteroatoms. The molecule has 4 N–H and O–H groups in total. The van der Waals surface area contributed by atoms with Crippen LogP contribution in [0.2, 0.25) is 0 Å². The van der Waals surface area contributed by atoms with Crippen LogP contribution in [0.25, 0.3) is 0 Å². The maximum atomic E-state index is 11.9. The molecular formula is C17H31N3O8. The number of amides is 2. The van der Waals surface area contributed by atoms with Crippen molar-refractivity contribution >= 4 is 17.8 Å². The molecule has 0 aromatic rings. The summed E-state index contributed by atoms with van der Waals surface area (Å²) in [6.45, 7) is 3.76. The van der Waals surface area contributed by atoms with Crippen molar-refractivity contribution in [1.82, 2.24) is 10.3 Å². The third kappa shape index (κ3) is 11.1. The summed E-state index contributed by atoms with van der Waals surface area (Å²) < 4.78 is 21.2. The molecule has 0 radical (unpaired) electrons. The molecule has 11 nitrogen and oxygen atoms in total. The van der Waals surface area contributed by atoms with Gasteiger partial charge in [-0.25, -0.2) is 5.84 Å². The number of nitrogens with zero attached hydrogens (tertiary/aromatic N) is 1. The molecule has 0 bridgehead atoms. The molecular weight excluding hydrogens is 374 g/mol. The fourth-order valence-corrected chi connectivity index (χ4v) is 2.50. The number of hydrogen-bond acceptors (Lipinski definition) is 8. The molecule has 1 rings (SSSR count). The molecule has 1 aliphatic rings. The van der Waals surface area contributed by atoms with Gasteiger partial charge in [0.1, 0.15) is 0 Å². The number of carbonyl (C=O) groups excluding carboxylic acids is 2. The van der Waals surface area contributed by atoms with Gasteiger partial charge in [0.15, 0.2) is 0 Å². The quantitative estimate of drug-likeness (QED) is 0.124. The lowest BCUT2D eigenvalue weighted by atomic mass is 10.1. The average molecular weight is 405 g/mol.